The van der Waals surface area contributed by atoms with Crippen molar-refractivity contribution in [3.63, 3.8) is 0 Å². The van der Waals surface area contributed by atoms with E-state index in [0.717, 1.165) is 22.7 Å². The second-order valence-corrected chi connectivity index (χ2v) is 10.5. The molecule has 1 unspecified atom stereocenters. The summed E-state index contributed by atoms with van der Waals surface area (Å²) in [6, 6.07) is 1.95. The number of hydrogen-bond donors (Lipinski definition) is 0. The van der Waals surface area contributed by atoms with Gasteiger partial charge >= 0.3 is 0 Å². The van der Waals surface area contributed by atoms with Gasteiger partial charge in [-0.15, -0.1) is 0 Å². The Hall–Kier alpha value is 0.920. The minimum Gasteiger partial charge on any atom is -0.300 e. The molecule has 0 radical (unpaired) electrons. The molecule has 0 aliphatic carbocycles. The van der Waals surface area contributed by atoms with E-state index in [2.05, 4.69) is 99.6 Å². The lowest BCUT2D eigenvalue weighted by Crippen LogP contribution is -2.33. The molecule has 0 bridgehead atoms. The Morgan fingerprint density at radius 1 is 1.12 bits per heavy atom. The first-order chi connectivity index (χ1) is 11.6. The molecular formula is C16H12Br2I3NO3. The number of carbonyl (C=O) groups is 3. The lowest BCUT2D eigenvalue weighted by Gasteiger charge is -2.22. The van der Waals surface area contributed by atoms with Crippen LogP contribution < -0.4 is 4.90 Å². The molecule has 1 aromatic carbocycles. The van der Waals surface area contributed by atoms with Crippen LogP contribution in [-0.2, 0) is 20.8 Å². The van der Waals surface area contributed by atoms with Crippen molar-refractivity contribution < 1.29 is 14.4 Å². The fraction of sp³-hybridized carbons (Fsp3) is 0.312. The second kappa shape index (κ2) is 8.95. The van der Waals surface area contributed by atoms with Crippen LogP contribution in [0.2, 0.25) is 0 Å². The summed E-state index contributed by atoms with van der Waals surface area (Å²) in [5.74, 6) is -0.705. The number of benzene rings is 1. The SMILES string of the molecule is CCC(Cc1c(I)cc(I)c(N2C(=O)C(Br)=C(Br)C2=O)c1I)C(C)=O. The Kier molecular flexibility index (Phi) is 7.95. The summed E-state index contributed by atoms with van der Waals surface area (Å²) in [6.45, 7) is 3.60. The van der Waals surface area contributed by atoms with Crippen LogP contribution in [0.1, 0.15) is 25.8 Å². The summed E-state index contributed by atoms with van der Waals surface area (Å²) in [5.41, 5.74) is 1.58. The molecular weight excluding hydrogens is 795 g/mol. The van der Waals surface area contributed by atoms with E-state index in [1.54, 1.807) is 6.92 Å². The van der Waals surface area contributed by atoms with Gasteiger partial charge in [-0.2, -0.15) is 0 Å². The zero-order valence-corrected chi connectivity index (χ0v) is 22.8. The molecule has 2 rings (SSSR count). The topological polar surface area (TPSA) is 54.5 Å². The molecule has 0 saturated heterocycles. The Balaban J connectivity index is 2.58. The summed E-state index contributed by atoms with van der Waals surface area (Å²) in [4.78, 5) is 38.1. The maximum absolute atomic E-state index is 12.5. The molecule has 2 amide bonds. The van der Waals surface area contributed by atoms with E-state index in [1.807, 2.05) is 13.0 Å². The second-order valence-electron chi connectivity index (χ2n) is 5.47. The fourth-order valence-corrected chi connectivity index (χ4v) is 7.50. The van der Waals surface area contributed by atoms with Gasteiger partial charge in [0.25, 0.3) is 11.8 Å². The van der Waals surface area contributed by atoms with Crippen LogP contribution in [0.3, 0.4) is 0 Å². The summed E-state index contributed by atoms with van der Waals surface area (Å²) in [6.07, 6.45) is 1.35. The van der Waals surface area contributed by atoms with E-state index in [-0.39, 0.29) is 20.7 Å². The smallest absolute Gasteiger partial charge is 0.273 e. The molecule has 0 N–H and O–H groups in total. The zero-order valence-electron chi connectivity index (χ0n) is 13.1. The molecule has 4 nitrogen and oxygen atoms in total. The third-order valence-corrected chi connectivity index (χ3v) is 8.91. The van der Waals surface area contributed by atoms with E-state index >= 15 is 0 Å². The average Bonchev–Trinajstić information content (AvgIpc) is 2.72. The van der Waals surface area contributed by atoms with Gasteiger partial charge in [0.05, 0.1) is 5.69 Å². The summed E-state index contributed by atoms with van der Waals surface area (Å²) >= 11 is 12.9. The molecule has 9 heteroatoms. The van der Waals surface area contributed by atoms with Gasteiger partial charge in [-0.05, 0) is 131 Å². The van der Waals surface area contributed by atoms with Crippen molar-refractivity contribution in [1.29, 1.82) is 0 Å². The van der Waals surface area contributed by atoms with E-state index in [9.17, 15) is 14.4 Å². The van der Waals surface area contributed by atoms with Gasteiger partial charge in [0.15, 0.2) is 0 Å². The Morgan fingerprint density at radius 3 is 2.08 bits per heavy atom. The van der Waals surface area contributed by atoms with Crippen LogP contribution in [0.4, 0.5) is 5.69 Å². The predicted molar refractivity (Wildman–Crippen MR) is 130 cm³/mol. The number of halogens is 5. The number of Topliss-reactive ketones (excluding diaryl/α,β-unsaturated/α-hetero) is 1. The van der Waals surface area contributed by atoms with Crippen LogP contribution in [0.25, 0.3) is 0 Å². The molecule has 1 heterocycles. The molecule has 0 spiro atoms. The van der Waals surface area contributed by atoms with Crippen molar-refractivity contribution in [2.75, 3.05) is 4.90 Å². The minimum absolute atomic E-state index is 0.0727. The summed E-state index contributed by atoms with van der Waals surface area (Å²) in [7, 11) is 0. The summed E-state index contributed by atoms with van der Waals surface area (Å²) < 4.78 is 3.12. The highest BCUT2D eigenvalue weighted by molar-refractivity contribution is 14.1. The number of carbonyl (C=O) groups excluding carboxylic acids is 3. The highest BCUT2D eigenvalue weighted by Gasteiger charge is 2.39. The van der Waals surface area contributed by atoms with Gasteiger partial charge < -0.3 is 0 Å². The molecule has 0 fully saturated rings. The largest absolute Gasteiger partial charge is 0.300 e. The van der Waals surface area contributed by atoms with Crippen LogP contribution in [0, 0.1) is 16.6 Å². The van der Waals surface area contributed by atoms with Crippen molar-refractivity contribution in [2.45, 2.75) is 26.7 Å². The maximum Gasteiger partial charge on any atom is 0.273 e. The van der Waals surface area contributed by atoms with E-state index < -0.39 is 11.8 Å². The van der Waals surface area contributed by atoms with E-state index in [1.165, 1.54) is 4.90 Å². The predicted octanol–water partition coefficient (Wildman–Crippen LogP) is 5.53. The molecule has 0 saturated carbocycles. The fourth-order valence-electron chi connectivity index (χ4n) is 2.51. The Morgan fingerprint density at radius 2 is 1.64 bits per heavy atom. The van der Waals surface area contributed by atoms with Gasteiger partial charge in [0.1, 0.15) is 14.7 Å². The Bertz CT molecular complexity index is 799. The third-order valence-electron chi connectivity index (χ3n) is 3.96. The molecule has 1 atom stereocenters. The van der Waals surface area contributed by atoms with Gasteiger partial charge in [-0.1, -0.05) is 6.92 Å². The zero-order chi connectivity index (χ0) is 19.0. The first kappa shape index (κ1) is 22.2. The van der Waals surface area contributed by atoms with Gasteiger partial charge in [-0.25, -0.2) is 4.90 Å². The quantitative estimate of drug-likeness (QED) is 0.291. The molecule has 1 aliphatic heterocycles. The monoisotopic (exact) mass is 805 g/mol. The van der Waals surface area contributed by atoms with E-state index in [0.29, 0.717) is 12.1 Å². The Labute approximate surface area is 203 Å². The number of amides is 2. The van der Waals surface area contributed by atoms with Gasteiger partial charge in [0.2, 0.25) is 0 Å². The van der Waals surface area contributed by atoms with Crippen LogP contribution in [0.5, 0.6) is 0 Å². The van der Waals surface area contributed by atoms with Crippen molar-refractivity contribution in [3.05, 3.63) is 31.3 Å². The van der Waals surface area contributed by atoms with Gasteiger partial charge in [-0.3, -0.25) is 14.4 Å². The van der Waals surface area contributed by atoms with Crippen molar-refractivity contribution in [1.82, 2.24) is 0 Å². The number of hydrogen-bond acceptors (Lipinski definition) is 3. The van der Waals surface area contributed by atoms with Gasteiger partial charge in [0, 0.05) is 16.6 Å². The lowest BCUT2D eigenvalue weighted by molar-refractivity contribution is -0.121. The van der Waals surface area contributed by atoms with Crippen molar-refractivity contribution >= 4 is 123 Å². The highest BCUT2D eigenvalue weighted by atomic mass is 127. The molecule has 0 aromatic heterocycles. The first-order valence-electron chi connectivity index (χ1n) is 7.22. The van der Waals surface area contributed by atoms with Crippen molar-refractivity contribution in [3.8, 4) is 0 Å². The van der Waals surface area contributed by atoms with E-state index in [4.69, 9.17) is 0 Å². The normalized spacial score (nSPS) is 16.0. The van der Waals surface area contributed by atoms with Crippen LogP contribution in [-0.4, -0.2) is 17.6 Å². The van der Waals surface area contributed by atoms with Crippen LogP contribution in [0.15, 0.2) is 15.0 Å². The molecule has 1 aliphatic rings. The molecule has 134 valence electrons. The van der Waals surface area contributed by atoms with Crippen LogP contribution >= 0.6 is 99.6 Å². The number of imide groups is 1. The number of rotatable bonds is 5. The molecule has 25 heavy (non-hydrogen) atoms. The lowest BCUT2D eigenvalue weighted by atomic mass is 9.93. The number of ketones is 1. The standard InChI is InChI=1S/C16H12Br2I3NO3/c1-3-7(6(2)23)4-8-9(19)5-10(20)14(13(8)21)22-15(24)11(17)12(18)16(22)25/h5,7H,3-4H2,1-2H3. The molecule has 1 aromatic rings. The average molecular weight is 807 g/mol. The first-order valence-corrected chi connectivity index (χ1v) is 12.0. The summed E-state index contributed by atoms with van der Waals surface area (Å²) in [5, 5.41) is 0. The highest BCUT2D eigenvalue weighted by Crippen LogP contribution is 2.40. The minimum atomic E-state index is -0.390. The third kappa shape index (κ3) is 4.34. The number of anilines is 1. The number of nitrogens with zero attached hydrogens (tertiary/aromatic N) is 1. The van der Waals surface area contributed by atoms with Crippen molar-refractivity contribution in [2.24, 2.45) is 5.92 Å². The maximum atomic E-state index is 12.5.